The Morgan fingerprint density at radius 2 is 2.38 bits per heavy atom. The first-order chi connectivity index (χ1) is 6.00. The summed E-state index contributed by atoms with van der Waals surface area (Å²) < 4.78 is 1.54. The van der Waals surface area contributed by atoms with Gasteiger partial charge in [0.25, 0.3) is 5.56 Å². The predicted molar refractivity (Wildman–Crippen MR) is 53.1 cm³/mol. The van der Waals surface area contributed by atoms with E-state index in [0.717, 1.165) is 5.57 Å². The molecule has 0 spiro atoms. The maximum absolute atomic E-state index is 11.4. The third kappa shape index (κ3) is 2.42. The molecular formula is C9H11ClN2O. The number of rotatable bonds is 2. The Kier molecular flexibility index (Phi) is 2.88. The largest absolute Gasteiger partial charge is 0.293 e. The summed E-state index contributed by atoms with van der Waals surface area (Å²) in [5, 5.41) is 0.237. The topological polar surface area (TPSA) is 34.9 Å². The van der Waals surface area contributed by atoms with Crippen LogP contribution in [0.5, 0.6) is 0 Å². The van der Waals surface area contributed by atoms with Crippen LogP contribution in [0.4, 0.5) is 0 Å². The zero-order chi connectivity index (χ0) is 10.0. The molecule has 0 saturated heterocycles. The quantitative estimate of drug-likeness (QED) is 0.537. The molecule has 0 amide bonds. The number of halogens is 1. The monoisotopic (exact) mass is 198 g/mol. The van der Waals surface area contributed by atoms with Gasteiger partial charge in [0.05, 0.1) is 0 Å². The molecule has 1 aromatic heterocycles. The first-order valence-electron chi connectivity index (χ1n) is 3.89. The Morgan fingerprint density at radius 1 is 1.77 bits per heavy atom. The molecule has 0 aromatic carbocycles. The van der Waals surface area contributed by atoms with E-state index < -0.39 is 0 Å². The van der Waals surface area contributed by atoms with Crippen molar-refractivity contribution < 1.29 is 0 Å². The molecule has 0 aliphatic rings. The van der Waals surface area contributed by atoms with Gasteiger partial charge in [0, 0.05) is 12.6 Å². The van der Waals surface area contributed by atoms with E-state index in [1.165, 1.54) is 10.6 Å². The molecular weight excluding hydrogens is 188 g/mol. The van der Waals surface area contributed by atoms with E-state index in [1.807, 2.05) is 6.92 Å². The Bertz CT molecular complexity index is 395. The molecule has 0 N–H and O–H groups in total. The minimum Gasteiger partial charge on any atom is -0.293 e. The van der Waals surface area contributed by atoms with Gasteiger partial charge in [-0.2, -0.15) is 0 Å². The zero-order valence-corrected chi connectivity index (χ0v) is 8.43. The lowest BCUT2D eigenvalue weighted by Crippen LogP contribution is -2.23. The van der Waals surface area contributed by atoms with Crippen LogP contribution in [0.1, 0.15) is 12.7 Å². The summed E-state index contributed by atoms with van der Waals surface area (Å²) in [7, 11) is 0. The van der Waals surface area contributed by atoms with Gasteiger partial charge < -0.3 is 0 Å². The highest BCUT2D eigenvalue weighted by Gasteiger charge is 2.02. The van der Waals surface area contributed by atoms with Gasteiger partial charge in [-0.3, -0.25) is 9.36 Å². The molecule has 0 fully saturated rings. The first kappa shape index (κ1) is 9.99. The van der Waals surface area contributed by atoms with Gasteiger partial charge in [-0.15, -0.1) is 0 Å². The summed E-state index contributed by atoms with van der Waals surface area (Å²) in [6.07, 6.45) is 0. The average molecular weight is 199 g/mol. The van der Waals surface area contributed by atoms with Gasteiger partial charge in [0.1, 0.15) is 11.0 Å². The fourth-order valence-electron chi connectivity index (χ4n) is 1.05. The number of aryl methyl sites for hydroxylation is 1. The molecule has 0 saturated carbocycles. The highest BCUT2D eigenvalue weighted by molar-refractivity contribution is 6.29. The lowest BCUT2D eigenvalue weighted by molar-refractivity contribution is 0.692. The van der Waals surface area contributed by atoms with Crippen molar-refractivity contribution >= 4 is 11.6 Å². The summed E-state index contributed by atoms with van der Waals surface area (Å²) in [4.78, 5) is 15.4. The molecule has 13 heavy (non-hydrogen) atoms. The summed E-state index contributed by atoms with van der Waals surface area (Å²) >= 11 is 5.61. The fourth-order valence-corrected chi connectivity index (χ4v) is 1.26. The van der Waals surface area contributed by atoms with Crippen molar-refractivity contribution in [3.8, 4) is 0 Å². The van der Waals surface area contributed by atoms with E-state index in [1.54, 1.807) is 6.92 Å². The van der Waals surface area contributed by atoms with Gasteiger partial charge in [-0.25, -0.2) is 4.98 Å². The van der Waals surface area contributed by atoms with E-state index >= 15 is 0 Å². The van der Waals surface area contributed by atoms with Gasteiger partial charge in [0.15, 0.2) is 0 Å². The standard InChI is InChI=1S/C9H11ClN2O/c1-6(2)5-12-7(3)11-8(10)4-9(12)13/h4H,1,5H2,2-3H3. The van der Waals surface area contributed by atoms with Crippen molar-refractivity contribution in [3.63, 3.8) is 0 Å². The molecule has 1 aromatic rings. The highest BCUT2D eigenvalue weighted by atomic mass is 35.5. The molecule has 0 aliphatic heterocycles. The number of allylic oxidation sites excluding steroid dienone is 1. The summed E-state index contributed by atoms with van der Waals surface area (Å²) in [5.41, 5.74) is 0.773. The summed E-state index contributed by atoms with van der Waals surface area (Å²) in [5.74, 6) is 0.612. The van der Waals surface area contributed by atoms with Crippen molar-refractivity contribution in [1.29, 1.82) is 0 Å². The van der Waals surface area contributed by atoms with Crippen molar-refractivity contribution in [3.05, 3.63) is 39.5 Å². The van der Waals surface area contributed by atoms with E-state index in [-0.39, 0.29) is 10.7 Å². The minimum absolute atomic E-state index is 0.138. The third-order valence-corrected chi connectivity index (χ3v) is 1.79. The smallest absolute Gasteiger partial charge is 0.255 e. The van der Waals surface area contributed by atoms with Crippen LogP contribution >= 0.6 is 11.6 Å². The first-order valence-corrected chi connectivity index (χ1v) is 4.27. The fraction of sp³-hybridized carbons (Fsp3) is 0.333. The number of hydrogen-bond acceptors (Lipinski definition) is 2. The molecule has 0 aliphatic carbocycles. The molecule has 70 valence electrons. The average Bonchev–Trinajstić information content (AvgIpc) is 1.96. The molecule has 0 unspecified atom stereocenters. The molecule has 0 bridgehead atoms. The van der Waals surface area contributed by atoms with Crippen molar-refractivity contribution in [1.82, 2.24) is 9.55 Å². The van der Waals surface area contributed by atoms with Crippen LogP contribution in [0.2, 0.25) is 5.15 Å². The lowest BCUT2D eigenvalue weighted by atomic mass is 10.3. The van der Waals surface area contributed by atoms with E-state index in [2.05, 4.69) is 11.6 Å². The van der Waals surface area contributed by atoms with Crippen LogP contribution in [0.25, 0.3) is 0 Å². The Hall–Kier alpha value is -1.09. The third-order valence-electron chi connectivity index (χ3n) is 1.60. The van der Waals surface area contributed by atoms with Crippen molar-refractivity contribution in [2.24, 2.45) is 0 Å². The summed E-state index contributed by atoms with van der Waals surface area (Å²) in [6, 6.07) is 1.30. The molecule has 0 radical (unpaired) electrons. The Labute approximate surface area is 81.7 Å². The highest BCUT2D eigenvalue weighted by Crippen LogP contribution is 2.02. The maximum atomic E-state index is 11.4. The molecule has 1 rings (SSSR count). The van der Waals surface area contributed by atoms with Crippen LogP contribution in [0, 0.1) is 6.92 Å². The summed E-state index contributed by atoms with van der Waals surface area (Å²) in [6.45, 7) is 7.84. The second kappa shape index (κ2) is 3.75. The maximum Gasteiger partial charge on any atom is 0.255 e. The molecule has 4 heteroatoms. The Balaban J connectivity index is 3.21. The Morgan fingerprint density at radius 3 is 2.85 bits per heavy atom. The van der Waals surface area contributed by atoms with Gasteiger partial charge in [-0.1, -0.05) is 23.8 Å². The van der Waals surface area contributed by atoms with Crippen LogP contribution in [0.15, 0.2) is 23.0 Å². The van der Waals surface area contributed by atoms with Crippen LogP contribution in [-0.4, -0.2) is 9.55 Å². The lowest BCUT2D eigenvalue weighted by Gasteiger charge is -2.07. The van der Waals surface area contributed by atoms with E-state index in [9.17, 15) is 4.79 Å². The molecule has 3 nitrogen and oxygen atoms in total. The van der Waals surface area contributed by atoms with Crippen LogP contribution in [-0.2, 0) is 6.54 Å². The number of hydrogen-bond donors (Lipinski definition) is 0. The zero-order valence-electron chi connectivity index (χ0n) is 7.67. The second-order valence-corrected chi connectivity index (χ2v) is 3.39. The molecule has 0 atom stereocenters. The normalized spacial score (nSPS) is 10.1. The van der Waals surface area contributed by atoms with Gasteiger partial charge in [-0.05, 0) is 13.8 Å². The van der Waals surface area contributed by atoms with Crippen LogP contribution in [0.3, 0.4) is 0 Å². The van der Waals surface area contributed by atoms with Crippen molar-refractivity contribution in [2.75, 3.05) is 0 Å². The van der Waals surface area contributed by atoms with Crippen LogP contribution < -0.4 is 5.56 Å². The number of aromatic nitrogens is 2. The van der Waals surface area contributed by atoms with Gasteiger partial charge >= 0.3 is 0 Å². The second-order valence-electron chi connectivity index (χ2n) is 3.01. The predicted octanol–water partition coefficient (Wildman–Crippen LogP) is 1.78. The molecule has 1 heterocycles. The van der Waals surface area contributed by atoms with E-state index in [4.69, 9.17) is 11.6 Å². The van der Waals surface area contributed by atoms with Gasteiger partial charge in [0.2, 0.25) is 0 Å². The van der Waals surface area contributed by atoms with E-state index in [0.29, 0.717) is 12.4 Å². The minimum atomic E-state index is -0.138. The van der Waals surface area contributed by atoms with Crippen molar-refractivity contribution in [2.45, 2.75) is 20.4 Å². The number of nitrogens with zero attached hydrogens (tertiary/aromatic N) is 2. The SMILES string of the molecule is C=C(C)Cn1c(C)nc(Cl)cc1=O.